The Morgan fingerprint density at radius 2 is 2.42 bits per heavy atom. The van der Waals surface area contributed by atoms with Gasteiger partial charge in [0.25, 0.3) is 0 Å². The lowest BCUT2D eigenvalue weighted by Crippen LogP contribution is -2.11. The zero-order valence-corrected chi connectivity index (χ0v) is 7.96. The maximum absolute atomic E-state index is 10.7. The van der Waals surface area contributed by atoms with E-state index in [1.165, 1.54) is 7.11 Å². The maximum atomic E-state index is 10.7. The number of carbonyl (C=O) groups is 1. The lowest BCUT2D eigenvalue weighted by atomic mass is 10.5. The Labute approximate surface area is 78.1 Å². The molecule has 0 aliphatic carbocycles. The van der Waals surface area contributed by atoms with Crippen molar-refractivity contribution in [3.63, 3.8) is 0 Å². The number of amides is 1. The van der Waals surface area contributed by atoms with E-state index in [-0.39, 0.29) is 0 Å². The Balaban J connectivity index is 2.69. The number of nitrogens with one attached hydrogen (secondary N) is 1. The molecule has 4 nitrogen and oxygen atoms in total. The first-order chi connectivity index (χ1) is 5.72. The van der Waals surface area contributed by atoms with Crippen molar-refractivity contribution in [1.29, 1.82) is 0 Å². The number of rotatable bonds is 1. The molecule has 0 fully saturated rings. The molecule has 1 aromatic rings. The van der Waals surface area contributed by atoms with E-state index < -0.39 is 6.09 Å². The van der Waals surface area contributed by atoms with Crippen LogP contribution in [-0.2, 0) is 4.74 Å². The highest BCUT2D eigenvalue weighted by Crippen LogP contribution is 2.09. The van der Waals surface area contributed by atoms with Gasteiger partial charge in [-0.2, -0.15) is 0 Å². The van der Waals surface area contributed by atoms with Crippen LogP contribution in [0.25, 0.3) is 0 Å². The minimum atomic E-state index is -0.527. The van der Waals surface area contributed by atoms with Crippen LogP contribution in [-0.4, -0.2) is 18.2 Å². The standard InChI is InChI=1S/C7H7BrN2O2/c1-12-7(11)10-6-4-2-3-5(8)9-6/h2-4H,1H3,(H,9,10,11). The van der Waals surface area contributed by atoms with Gasteiger partial charge in [-0.1, -0.05) is 6.07 Å². The number of aromatic nitrogens is 1. The van der Waals surface area contributed by atoms with Gasteiger partial charge in [-0.25, -0.2) is 9.78 Å². The van der Waals surface area contributed by atoms with Gasteiger partial charge in [-0.05, 0) is 28.1 Å². The molecular weight excluding hydrogens is 224 g/mol. The molecule has 0 bridgehead atoms. The van der Waals surface area contributed by atoms with E-state index in [1.54, 1.807) is 18.2 Å². The summed E-state index contributed by atoms with van der Waals surface area (Å²) in [6.07, 6.45) is -0.527. The summed E-state index contributed by atoms with van der Waals surface area (Å²) in [5.41, 5.74) is 0. The fourth-order valence-corrected chi connectivity index (χ4v) is 0.977. The summed E-state index contributed by atoms with van der Waals surface area (Å²) in [6.45, 7) is 0. The number of halogens is 1. The molecule has 1 heterocycles. The summed E-state index contributed by atoms with van der Waals surface area (Å²) in [7, 11) is 1.30. The molecule has 0 aromatic carbocycles. The molecule has 0 saturated carbocycles. The number of hydrogen-bond donors (Lipinski definition) is 1. The summed E-state index contributed by atoms with van der Waals surface area (Å²) in [6, 6.07) is 5.20. The molecule has 0 atom stereocenters. The minimum absolute atomic E-state index is 0.455. The van der Waals surface area contributed by atoms with E-state index >= 15 is 0 Å². The molecule has 1 amide bonds. The fraction of sp³-hybridized carbons (Fsp3) is 0.143. The number of carbonyl (C=O) groups excluding carboxylic acids is 1. The van der Waals surface area contributed by atoms with Gasteiger partial charge >= 0.3 is 6.09 Å². The van der Waals surface area contributed by atoms with Crippen molar-refractivity contribution in [2.45, 2.75) is 0 Å². The molecule has 0 unspecified atom stereocenters. The van der Waals surface area contributed by atoms with E-state index in [4.69, 9.17) is 0 Å². The molecule has 0 aliphatic heterocycles. The molecule has 12 heavy (non-hydrogen) atoms. The zero-order valence-electron chi connectivity index (χ0n) is 6.37. The molecule has 0 radical (unpaired) electrons. The Morgan fingerprint density at radius 3 is 3.00 bits per heavy atom. The first-order valence-corrected chi connectivity index (χ1v) is 3.99. The average Bonchev–Trinajstić information content (AvgIpc) is 2.04. The van der Waals surface area contributed by atoms with Crippen molar-refractivity contribution < 1.29 is 9.53 Å². The molecule has 64 valence electrons. The number of methoxy groups -OCH3 is 1. The Hall–Kier alpha value is -1.10. The Kier molecular flexibility index (Phi) is 3.04. The summed E-state index contributed by atoms with van der Waals surface area (Å²) in [5.74, 6) is 0.455. The van der Waals surface area contributed by atoms with E-state index in [0.29, 0.717) is 10.4 Å². The van der Waals surface area contributed by atoms with Gasteiger partial charge in [-0.15, -0.1) is 0 Å². The van der Waals surface area contributed by atoms with Crippen molar-refractivity contribution in [3.05, 3.63) is 22.8 Å². The summed E-state index contributed by atoms with van der Waals surface area (Å²) in [5, 5.41) is 2.43. The lowest BCUT2D eigenvalue weighted by molar-refractivity contribution is 0.187. The van der Waals surface area contributed by atoms with Crippen LogP contribution in [0.15, 0.2) is 22.8 Å². The minimum Gasteiger partial charge on any atom is -0.453 e. The van der Waals surface area contributed by atoms with Crippen molar-refractivity contribution in [2.75, 3.05) is 12.4 Å². The third kappa shape index (κ3) is 2.50. The monoisotopic (exact) mass is 230 g/mol. The molecule has 0 saturated heterocycles. The number of anilines is 1. The molecule has 0 spiro atoms. The van der Waals surface area contributed by atoms with E-state index in [2.05, 4.69) is 31.0 Å². The highest BCUT2D eigenvalue weighted by Gasteiger charge is 2.00. The topological polar surface area (TPSA) is 51.2 Å². The van der Waals surface area contributed by atoms with Crippen molar-refractivity contribution >= 4 is 27.8 Å². The van der Waals surface area contributed by atoms with Gasteiger partial charge in [0.15, 0.2) is 0 Å². The van der Waals surface area contributed by atoms with Crippen molar-refractivity contribution in [3.8, 4) is 0 Å². The molecular formula is C7H7BrN2O2. The van der Waals surface area contributed by atoms with Crippen LogP contribution in [0.4, 0.5) is 10.6 Å². The maximum Gasteiger partial charge on any atom is 0.412 e. The predicted molar refractivity (Wildman–Crippen MR) is 48.0 cm³/mol. The third-order valence-electron chi connectivity index (χ3n) is 1.13. The van der Waals surface area contributed by atoms with Crippen LogP contribution in [0.5, 0.6) is 0 Å². The Morgan fingerprint density at radius 1 is 1.67 bits per heavy atom. The number of pyridine rings is 1. The molecule has 1 N–H and O–H groups in total. The first kappa shape index (κ1) is 8.99. The molecule has 5 heteroatoms. The first-order valence-electron chi connectivity index (χ1n) is 3.20. The summed E-state index contributed by atoms with van der Waals surface area (Å²) < 4.78 is 5.05. The quantitative estimate of drug-likeness (QED) is 0.752. The van der Waals surface area contributed by atoms with Gasteiger partial charge in [-0.3, -0.25) is 5.32 Å². The highest BCUT2D eigenvalue weighted by atomic mass is 79.9. The van der Waals surface area contributed by atoms with E-state index in [1.807, 2.05) is 0 Å². The highest BCUT2D eigenvalue weighted by molar-refractivity contribution is 9.10. The average molecular weight is 231 g/mol. The fourth-order valence-electron chi connectivity index (χ4n) is 0.633. The van der Waals surface area contributed by atoms with Gasteiger partial charge < -0.3 is 4.74 Å². The van der Waals surface area contributed by atoms with Crippen molar-refractivity contribution in [2.24, 2.45) is 0 Å². The number of ether oxygens (including phenoxy) is 1. The van der Waals surface area contributed by atoms with E-state index in [9.17, 15) is 4.79 Å². The predicted octanol–water partition coefficient (Wildman–Crippen LogP) is 2.02. The van der Waals surface area contributed by atoms with Crippen LogP contribution in [0.2, 0.25) is 0 Å². The number of nitrogens with zero attached hydrogens (tertiary/aromatic N) is 1. The summed E-state index contributed by atoms with van der Waals surface area (Å²) in [4.78, 5) is 14.7. The largest absolute Gasteiger partial charge is 0.453 e. The normalized spacial score (nSPS) is 9.17. The van der Waals surface area contributed by atoms with Crippen LogP contribution in [0.3, 0.4) is 0 Å². The van der Waals surface area contributed by atoms with Crippen LogP contribution in [0.1, 0.15) is 0 Å². The Bertz CT molecular complexity index is 290. The number of hydrogen-bond acceptors (Lipinski definition) is 3. The van der Waals surface area contributed by atoms with Crippen LogP contribution >= 0.6 is 15.9 Å². The van der Waals surface area contributed by atoms with Gasteiger partial charge in [0.05, 0.1) is 7.11 Å². The second-order valence-electron chi connectivity index (χ2n) is 1.96. The molecule has 1 aromatic heterocycles. The van der Waals surface area contributed by atoms with Crippen molar-refractivity contribution in [1.82, 2.24) is 4.98 Å². The van der Waals surface area contributed by atoms with Gasteiger partial charge in [0.2, 0.25) is 0 Å². The van der Waals surface area contributed by atoms with Crippen LogP contribution in [0, 0.1) is 0 Å². The second-order valence-corrected chi connectivity index (χ2v) is 2.77. The zero-order chi connectivity index (χ0) is 8.97. The SMILES string of the molecule is COC(=O)Nc1cccc(Br)n1. The van der Waals surface area contributed by atoms with E-state index in [0.717, 1.165) is 0 Å². The molecule has 0 aliphatic rings. The summed E-state index contributed by atoms with van der Waals surface area (Å²) >= 11 is 3.17. The second kappa shape index (κ2) is 4.06. The smallest absolute Gasteiger partial charge is 0.412 e. The van der Waals surface area contributed by atoms with Gasteiger partial charge in [0, 0.05) is 0 Å². The third-order valence-corrected chi connectivity index (χ3v) is 1.57. The molecule has 1 rings (SSSR count). The van der Waals surface area contributed by atoms with Crippen LogP contribution < -0.4 is 5.32 Å². The lowest BCUT2D eigenvalue weighted by Gasteiger charge is -2.01. The van der Waals surface area contributed by atoms with Gasteiger partial charge in [0.1, 0.15) is 10.4 Å².